The Kier molecular flexibility index (Phi) is 25.0. The summed E-state index contributed by atoms with van der Waals surface area (Å²) in [4.78, 5) is 0. The second kappa shape index (κ2) is 9.59. The molecule has 0 aromatic heterocycles. The molecule has 0 radical (unpaired) electrons. The first-order chi connectivity index (χ1) is 1.73. The summed E-state index contributed by atoms with van der Waals surface area (Å²) in [5.41, 5.74) is 0. The predicted molar refractivity (Wildman–Crippen MR) is 27.3 cm³/mol. The van der Waals surface area contributed by atoms with Crippen LogP contribution in [-0.4, -0.2) is 37.1 Å². The van der Waals surface area contributed by atoms with Gasteiger partial charge in [-0.2, -0.15) is 0 Å². The Labute approximate surface area is 67.2 Å². The maximum absolute atomic E-state index is 8.06. The van der Waals surface area contributed by atoms with E-state index in [1.807, 2.05) is 0 Å². The summed E-state index contributed by atoms with van der Waals surface area (Å²) in [5, 5.41) is 8.06. The first kappa shape index (κ1) is 15.7. The molecule has 0 aliphatic carbocycles. The first-order valence-electron chi connectivity index (χ1n) is 1.41. The van der Waals surface area contributed by atoms with Gasteiger partial charge in [0.2, 0.25) is 0 Å². The summed E-state index contributed by atoms with van der Waals surface area (Å²) in [5.74, 6) is 0. The van der Waals surface area contributed by atoms with E-state index in [-0.39, 0.29) is 48.4 Å². The molecule has 1 nitrogen and oxygen atoms in total. The summed E-state index contributed by atoms with van der Waals surface area (Å²) in [6.45, 7) is 3.44. The van der Waals surface area contributed by atoms with E-state index in [9.17, 15) is 0 Å². The van der Waals surface area contributed by atoms with Gasteiger partial charge in [0, 0.05) is 22.6 Å². The van der Waals surface area contributed by atoms with Crippen molar-refractivity contribution in [3.05, 3.63) is 0 Å². The minimum atomic E-state index is -0.167. The zero-order valence-corrected chi connectivity index (χ0v) is 4.33. The van der Waals surface area contributed by atoms with E-state index in [0.717, 1.165) is 0 Å². The van der Waals surface area contributed by atoms with Crippen LogP contribution in [0.2, 0.25) is 0 Å². The minimum absolute atomic E-state index is 0. The van der Waals surface area contributed by atoms with Gasteiger partial charge >= 0.3 is 25.8 Å². The molecular weight excluding hydrogens is 226 g/mol. The van der Waals surface area contributed by atoms with Crippen LogP contribution in [-0.2, 0) is 16.5 Å². The molecule has 0 amide bonds. The fourth-order valence-electron chi connectivity index (χ4n) is 0. The normalized spacial score (nSPS) is 6.00. The third-order valence-corrected chi connectivity index (χ3v) is 0. The molecule has 0 aliphatic heterocycles. The van der Waals surface area contributed by atoms with Gasteiger partial charge in [-0.25, -0.2) is 0 Å². The van der Waals surface area contributed by atoms with Crippen LogP contribution in [0, 0.1) is 0 Å². The van der Waals surface area contributed by atoms with Crippen LogP contribution in [0.1, 0.15) is 13.8 Å². The summed E-state index contributed by atoms with van der Waals surface area (Å²) in [6, 6.07) is 0. The molecule has 0 fully saturated rings. The molecule has 0 atom stereocenters. The van der Waals surface area contributed by atoms with Crippen molar-refractivity contribution in [2.24, 2.45) is 0 Å². The second-order valence-electron chi connectivity index (χ2n) is 1.09. The Hall–Kier alpha value is 1.32. The van der Waals surface area contributed by atoms with Crippen molar-refractivity contribution in [3.8, 4) is 0 Å². The van der Waals surface area contributed by atoms with Crippen molar-refractivity contribution >= 4 is 25.8 Å². The zero-order chi connectivity index (χ0) is 3.58. The van der Waals surface area contributed by atoms with Gasteiger partial charge in [0.05, 0.1) is 0 Å². The third-order valence-electron chi connectivity index (χ3n) is 0. The van der Waals surface area contributed by atoms with Crippen molar-refractivity contribution in [3.63, 3.8) is 0 Å². The molecule has 0 heterocycles. The van der Waals surface area contributed by atoms with Crippen molar-refractivity contribution in [2.75, 3.05) is 0 Å². The Bertz CT molecular complexity index is 15.5. The standard InChI is InChI=1S/C3H8O.In.Ni.3H/c1-3(2)4;;;;;/h3-4H,1-2H3;;;;;. The molecule has 0 bridgehead atoms. The Morgan fingerprint density at radius 3 is 1.33 bits per heavy atom. The largest absolute Gasteiger partial charge is 0 e. The molecule has 6 heavy (non-hydrogen) atoms. The van der Waals surface area contributed by atoms with Gasteiger partial charge in [0.25, 0.3) is 0 Å². The van der Waals surface area contributed by atoms with Gasteiger partial charge in [-0.3, -0.25) is 0 Å². The molecule has 0 aromatic carbocycles. The van der Waals surface area contributed by atoms with E-state index >= 15 is 0 Å². The van der Waals surface area contributed by atoms with Crippen molar-refractivity contribution < 1.29 is 21.6 Å². The van der Waals surface area contributed by atoms with Crippen LogP contribution >= 0.6 is 0 Å². The van der Waals surface area contributed by atoms with Crippen LogP contribution in [0.15, 0.2) is 0 Å². The first-order valence-corrected chi connectivity index (χ1v) is 1.41. The smallest absolute Gasteiger partial charge is 0 e. The maximum atomic E-state index is 8.06. The molecule has 0 saturated carbocycles. The molecule has 0 aliphatic rings. The summed E-state index contributed by atoms with van der Waals surface area (Å²) >= 11 is 0. The minimum Gasteiger partial charge on any atom is 0 e. The van der Waals surface area contributed by atoms with Crippen LogP contribution < -0.4 is 0 Å². The van der Waals surface area contributed by atoms with Gasteiger partial charge in [-0.1, -0.05) is 0 Å². The Morgan fingerprint density at radius 2 is 1.33 bits per heavy atom. The average molecular weight is 237 g/mol. The van der Waals surface area contributed by atoms with Crippen LogP contribution in [0.3, 0.4) is 0 Å². The summed E-state index contributed by atoms with van der Waals surface area (Å²) < 4.78 is 0. The monoisotopic (exact) mass is 236 g/mol. The molecule has 0 aromatic rings. The van der Waals surface area contributed by atoms with E-state index in [1.54, 1.807) is 13.8 Å². The maximum Gasteiger partial charge on any atom is 0 e. The van der Waals surface area contributed by atoms with Gasteiger partial charge in [-0.15, -0.1) is 0 Å². The van der Waals surface area contributed by atoms with E-state index in [1.165, 1.54) is 0 Å². The van der Waals surface area contributed by atoms with E-state index in [0.29, 0.717) is 0 Å². The number of rotatable bonds is 0. The quantitative estimate of drug-likeness (QED) is 0.546. The zero-order valence-electron chi connectivity index (χ0n) is 3.34. The van der Waals surface area contributed by atoms with Crippen LogP contribution in [0.25, 0.3) is 0 Å². The number of hydrogen-bond donors (Lipinski definition) is 1. The molecular formula is C3H11InNiO. The van der Waals surface area contributed by atoms with E-state index < -0.39 is 0 Å². The molecule has 0 rings (SSSR count). The fourth-order valence-corrected chi connectivity index (χ4v) is 0. The molecule has 3 heteroatoms. The molecule has 1 N–H and O–H groups in total. The third kappa shape index (κ3) is 56.8. The van der Waals surface area contributed by atoms with Gasteiger partial charge in [0.15, 0.2) is 0 Å². The summed E-state index contributed by atoms with van der Waals surface area (Å²) in [7, 11) is 0. The Balaban J connectivity index is -0.0000000450. The molecule has 0 spiro atoms. The van der Waals surface area contributed by atoms with Gasteiger partial charge in [-0.05, 0) is 13.8 Å². The van der Waals surface area contributed by atoms with Gasteiger partial charge in [0.1, 0.15) is 0 Å². The van der Waals surface area contributed by atoms with Gasteiger partial charge < -0.3 is 5.11 Å². The number of hydrogen-bond acceptors (Lipinski definition) is 1. The predicted octanol–water partition coefficient (Wildman–Crippen LogP) is -0.799. The van der Waals surface area contributed by atoms with Crippen molar-refractivity contribution in [2.45, 2.75) is 20.0 Å². The molecule has 0 saturated heterocycles. The topological polar surface area (TPSA) is 20.2 Å². The van der Waals surface area contributed by atoms with Crippen LogP contribution in [0.4, 0.5) is 0 Å². The van der Waals surface area contributed by atoms with Crippen LogP contribution in [0.5, 0.6) is 0 Å². The van der Waals surface area contributed by atoms with Crippen molar-refractivity contribution in [1.82, 2.24) is 0 Å². The number of aliphatic hydroxyl groups excluding tert-OH is 1. The SMILES string of the molecule is CC(C)O.[InH3].[Ni]. The molecule has 42 valence electrons. The fraction of sp³-hybridized carbons (Fsp3) is 1.00. The molecule has 0 unspecified atom stereocenters. The second-order valence-corrected chi connectivity index (χ2v) is 1.09. The average Bonchev–Trinajstić information content (AvgIpc) is 0.811. The van der Waals surface area contributed by atoms with E-state index in [4.69, 9.17) is 5.11 Å². The Morgan fingerprint density at radius 1 is 1.33 bits per heavy atom. The number of aliphatic hydroxyl groups is 1. The summed E-state index contributed by atoms with van der Waals surface area (Å²) in [6.07, 6.45) is -0.167. The van der Waals surface area contributed by atoms with Crippen molar-refractivity contribution in [1.29, 1.82) is 0 Å². The van der Waals surface area contributed by atoms with E-state index in [2.05, 4.69) is 0 Å².